The van der Waals surface area contributed by atoms with Crippen LogP contribution in [-0.2, 0) is 4.79 Å². The van der Waals surface area contributed by atoms with Gasteiger partial charge in [0.2, 0.25) is 5.91 Å². The SMILES string of the molecule is COc1cccc(C2C(=O)N(c3ccc(C4CNNC4)cc3)CCCN2CCN(C)C)c1. The van der Waals surface area contributed by atoms with Crippen LogP contribution in [-0.4, -0.2) is 76.2 Å². The van der Waals surface area contributed by atoms with E-state index in [4.69, 9.17) is 4.74 Å². The predicted octanol–water partition coefficient (Wildman–Crippen LogP) is 2.23. The minimum atomic E-state index is -0.324. The molecule has 0 aliphatic carbocycles. The van der Waals surface area contributed by atoms with Gasteiger partial charge in [-0.15, -0.1) is 0 Å². The Kier molecular flexibility index (Phi) is 7.42. The lowest BCUT2D eigenvalue weighted by Crippen LogP contribution is -2.42. The lowest BCUT2D eigenvalue weighted by atomic mass is 9.99. The summed E-state index contributed by atoms with van der Waals surface area (Å²) >= 11 is 0. The number of anilines is 1. The van der Waals surface area contributed by atoms with Crippen LogP contribution in [0.2, 0.25) is 0 Å². The minimum absolute atomic E-state index is 0.131. The van der Waals surface area contributed by atoms with E-state index in [0.29, 0.717) is 5.92 Å². The van der Waals surface area contributed by atoms with E-state index < -0.39 is 0 Å². The quantitative estimate of drug-likeness (QED) is 0.693. The molecule has 7 heteroatoms. The third-order valence-electron chi connectivity index (χ3n) is 6.43. The number of hydrazine groups is 1. The number of carbonyl (C=O) groups is 1. The van der Waals surface area contributed by atoms with Crippen molar-refractivity contribution in [1.82, 2.24) is 20.7 Å². The van der Waals surface area contributed by atoms with Crippen LogP contribution in [0.1, 0.15) is 29.5 Å². The maximum Gasteiger partial charge on any atom is 0.248 e. The van der Waals surface area contributed by atoms with Crippen LogP contribution in [0.4, 0.5) is 5.69 Å². The fraction of sp³-hybridized carbons (Fsp3) is 0.480. The van der Waals surface area contributed by atoms with E-state index >= 15 is 0 Å². The summed E-state index contributed by atoms with van der Waals surface area (Å²) in [5, 5.41) is 0. The summed E-state index contributed by atoms with van der Waals surface area (Å²) in [6, 6.07) is 16.1. The first-order valence-electron chi connectivity index (χ1n) is 11.5. The fourth-order valence-corrected chi connectivity index (χ4v) is 4.59. The molecule has 0 saturated carbocycles. The van der Waals surface area contributed by atoms with E-state index in [1.807, 2.05) is 29.2 Å². The molecule has 0 spiro atoms. The van der Waals surface area contributed by atoms with Crippen molar-refractivity contribution < 1.29 is 9.53 Å². The van der Waals surface area contributed by atoms with Crippen molar-refractivity contribution in [1.29, 1.82) is 0 Å². The molecule has 172 valence electrons. The number of amides is 1. The second-order valence-corrected chi connectivity index (χ2v) is 8.91. The number of methoxy groups -OCH3 is 1. The largest absolute Gasteiger partial charge is 0.497 e. The summed E-state index contributed by atoms with van der Waals surface area (Å²) in [5.74, 6) is 1.38. The molecule has 2 saturated heterocycles. The Hall–Kier alpha value is -2.45. The molecule has 2 fully saturated rings. The average Bonchev–Trinajstić information content (AvgIpc) is 3.29. The highest BCUT2D eigenvalue weighted by Gasteiger charge is 2.34. The van der Waals surface area contributed by atoms with Crippen LogP contribution in [0.25, 0.3) is 0 Å². The van der Waals surface area contributed by atoms with E-state index in [1.54, 1.807) is 7.11 Å². The second kappa shape index (κ2) is 10.4. The number of benzene rings is 2. The minimum Gasteiger partial charge on any atom is -0.497 e. The van der Waals surface area contributed by atoms with E-state index in [9.17, 15) is 4.79 Å². The first-order chi connectivity index (χ1) is 15.6. The summed E-state index contributed by atoms with van der Waals surface area (Å²) in [6.45, 7) is 5.22. The van der Waals surface area contributed by atoms with Crippen molar-refractivity contribution in [3.8, 4) is 5.75 Å². The van der Waals surface area contributed by atoms with E-state index in [1.165, 1.54) is 5.56 Å². The molecule has 0 radical (unpaired) electrons. The molecule has 2 aromatic carbocycles. The van der Waals surface area contributed by atoms with Crippen molar-refractivity contribution in [3.05, 3.63) is 59.7 Å². The zero-order valence-corrected chi connectivity index (χ0v) is 19.4. The molecule has 2 aliphatic heterocycles. The Balaban J connectivity index is 1.62. The van der Waals surface area contributed by atoms with Crippen LogP contribution in [0.3, 0.4) is 0 Å². The molecular formula is C25H35N5O2. The van der Waals surface area contributed by atoms with Crippen LogP contribution in [0.5, 0.6) is 5.75 Å². The molecule has 2 heterocycles. The molecule has 2 aromatic rings. The Labute approximate surface area is 191 Å². The van der Waals surface area contributed by atoms with Gasteiger partial charge in [0.05, 0.1) is 7.11 Å². The molecule has 32 heavy (non-hydrogen) atoms. The standard InChI is InChI=1S/C25H35N5O2/c1-28(2)14-15-29-12-5-13-30(22-10-8-19(9-11-22)21-17-26-27-18-21)25(31)24(29)20-6-4-7-23(16-20)32-3/h4,6-11,16,21,24,26-27H,5,12-15,17-18H2,1-3H3. The molecular weight excluding hydrogens is 402 g/mol. The zero-order chi connectivity index (χ0) is 22.5. The molecule has 7 nitrogen and oxygen atoms in total. The third kappa shape index (κ3) is 5.13. The topological polar surface area (TPSA) is 60.1 Å². The molecule has 0 bridgehead atoms. The van der Waals surface area contributed by atoms with Gasteiger partial charge < -0.3 is 14.5 Å². The average molecular weight is 438 g/mol. The fourth-order valence-electron chi connectivity index (χ4n) is 4.59. The Morgan fingerprint density at radius 1 is 1.03 bits per heavy atom. The van der Waals surface area contributed by atoms with Gasteiger partial charge in [0.25, 0.3) is 0 Å². The first-order valence-corrected chi connectivity index (χ1v) is 11.5. The van der Waals surface area contributed by atoms with Crippen LogP contribution in [0, 0.1) is 0 Å². The number of rotatable bonds is 7. The molecule has 0 aromatic heterocycles. The first kappa shape index (κ1) is 22.7. The Bertz CT molecular complexity index is 895. The van der Waals surface area contributed by atoms with Crippen molar-refractivity contribution in [2.45, 2.75) is 18.4 Å². The summed E-state index contributed by atoms with van der Waals surface area (Å²) < 4.78 is 5.46. The smallest absolute Gasteiger partial charge is 0.248 e. The van der Waals surface area contributed by atoms with Crippen molar-refractivity contribution in [2.75, 3.05) is 65.4 Å². The number of ether oxygens (including phenoxy) is 1. The highest BCUT2D eigenvalue weighted by Crippen LogP contribution is 2.31. The van der Waals surface area contributed by atoms with Crippen LogP contribution in [0.15, 0.2) is 48.5 Å². The number of nitrogens with zero attached hydrogens (tertiary/aromatic N) is 3. The summed E-state index contributed by atoms with van der Waals surface area (Å²) in [6.07, 6.45) is 0.942. The van der Waals surface area contributed by atoms with Gasteiger partial charge in [-0.05, 0) is 55.9 Å². The zero-order valence-electron chi connectivity index (χ0n) is 19.4. The molecule has 1 amide bonds. The molecule has 2 N–H and O–H groups in total. The second-order valence-electron chi connectivity index (χ2n) is 8.91. The number of nitrogens with one attached hydrogen (secondary N) is 2. The van der Waals surface area contributed by atoms with E-state index in [0.717, 1.165) is 62.7 Å². The van der Waals surface area contributed by atoms with Gasteiger partial charge in [-0.2, -0.15) is 0 Å². The van der Waals surface area contributed by atoms with E-state index in [-0.39, 0.29) is 11.9 Å². The van der Waals surface area contributed by atoms with Gasteiger partial charge >= 0.3 is 0 Å². The Morgan fingerprint density at radius 3 is 2.47 bits per heavy atom. The Morgan fingerprint density at radius 2 is 1.78 bits per heavy atom. The third-order valence-corrected chi connectivity index (χ3v) is 6.43. The highest BCUT2D eigenvalue weighted by molar-refractivity contribution is 5.98. The van der Waals surface area contributed by atoms with Crippen molar-refractivity contribution in [3.63, 3.8) is 0 Å². The normalized spacial score (nSPS) is 20.7. The molecule has 4 rings (SSSR count). The van der Waals surface area contributed by atoms with Crippen LogP contribution >= 0.6 is 0 Å². The summed E-state index contributed by atoms with van der Waals surface area (Å²) in [7, 11) is 5.81. The summed E-state index contributed by atoms with van der Waals surface area (Å²) in [4.78, 5) is 20.4. The maximum absolute atomic E-state index is 14.0. The number of carbonyl (C=O) groups excluding carboxylic acids is 1. The number of hydrogen-bond donors (Lipinski definition) is 2. The lowest BCUT2D eigenvalue weighted by molar-refractivity contribution is -0.123. The van der Waals surface area contributed by atoms with Gasteiger partial charge in [0.1, 0.15) is 11.8 Å². The number of likely N-dealkylation sites (N-methyl/N-ethyl adjacent to an activating group) is 1. The molecule has 2 aliphatic rings. The van der Waals surface area contributed by atoms with Gasteiger partial charge in [0.15, 0.2) is 0 Å². The van der Waals surface area contributed by atoms with Crippen LogP contribution < -0.4 is 20.5 Å². The predicted molar refractivity (Wildman–Crippen MR) is 128 cm³/mol. The van der Waals surface area contributed by atoms with Gasteiger partial charge in [-0.1, -0.05) is 24.3 Å². The van der Waals surface area contributed by atoms with E-state index in [2.05, 4.69) is 59.0 Å². The molecule has 1 atom stereocenters. The van der Waals surface area contributed by atoms with Crippen molar-refractivity contribution >= 4 is 11.6 Å². The molecule has 1 unspecified atom stereocenters. The van der Waals surface area contributed by atoms with Gasteiger partial charge in [0, 0.05) is 50.9 Å². The lowest BCUT2D eigenvalue weighted by Gasteiger charge is -2.32. The van der Waals surface area contributed by atoms with Crippen molar-refractivity contribution in [2.24, 2.45) is 0 Å². The van der Waals surface area contributed by atoms with Gasteiger partial charge in [-0.3, -0.25) is 20.5 Å². The number of hydrogen-bond acceptors (Lipinski definition) is 6. The highest BCUT2D eigenvalue weighted by atomic mass is 16.5. The van der Waals surface area contributed by atoms with Gasteiger partial charge in [-0.25, -0.2) is 0 Å². The summed E-state index contributed by atoms with van der Waals surface area (Å²) in [5.41, 5.74) is 9.63. The monoisotopic (exact) mass is 437 g/mol. The maximum atomic E-state index is 14.0.